The Bertz CT molecular complexity index is 885. The Balaban J connectivity index is 1.42. The molecule has 0 bridgehead atoms. The van der Waals surface area contributed by atoms with Crippen molar-refractivity contribution in [3.8, 4) is 0 Å². The first-order chi connectivity index (χ1) is 11.1. The van der Waals surface area contributed by atoms with Crippen LogP contribution in [0.15, 0.2) is 28.8 Å². The van der Waals surface area contributed by atoms with Crippen LogP contribution in [0.25, 0.3) is 10.2 Å². The second-order valence-corrected chi connectivity index (χ2v) is 6.51. The van der Waals surface area contributed by atoms with E-state index in [0.29, 0.717) is 30.2 Å². The Labute approximate surface area is 134 Å². The van der Waals surface area contributed by atoms with E-state index in [1.54, 1.807) is 19.1 Å². The van der Waals surface area contributed by atoms with Crippen molar-refractivity contribution in [2.24, 2.45) is 5.92 Å². The van der Waals surface area contributed by atoms with Crippen LogP contribution >= 0.6 is 11.3 Å². The summed E-state index contributed by atoms with van der Waals surface area (Å²) in [6, 6.07) is 6.59. The third-order valence-corrected chi connectivity index (χ3v) is 4.84. The number of para-hydroxylation sites is 1. The molecular weight excluding hydrogens is 319 g/mol. The molecule has 1 N–H and O–H groups in total. The van der Waals surface area contributed by atoms with Crippen LogP contribution in [0.1, 0.15) is 5.76 Å². The van der Waals surface area contributed by atoms with E-state index in [1.807, 2.05) is 11.0 Å². The van der Waals surface area contributed by atoms with Gasteiger partial charge >= 0.3 is 0 Å². The maximum atomic E-state index is 13.7. The minimum absolute atomic E-state index is 0.0955. The van der Waals surface area contributed by atoms with Crippen molar-refractivity contribution in [2.45, 2.75) is 6.92 Å². The molecule has 3 heterocycles. The molecule has 8 heteroatoms. The first-order valence-corrected chi connectivity index (χ1v) is 7.96. The fourth-order valence-corrected chi connectivity index (χ4v) is 3.49. The summed E-state index contributed by atoms with van der Waals surface area (Å²) in [5, 5.41) is 7.21. The summed E-state index contributed by atoms with van der Waals surface area (Å²) in [5.74, 6) is 0.520. The van der Waals surface area contributed by atoms with E-state index >= 15 is 0 Å². The predicted octanol–water partition coefficient (Wildman–Crippen LogP) is 2.81. The Morgan fingerprint density at radius 1 is 1.48 bits per heavy atom. The molecule has 0 radical (unpaired) electrons. The van der Waals surface area contributed by atoms with Gasteiger partial charge in [-0.05, 0) is 19.1 Å². The molecule has 1 aliphatic heterocycles. The molecule has 0 saturated carbocycles. The zero-order valence-electron chi connectivity index (χ0n) is 12.2. The van der Waals surface area contributed by atoms with Crippen molar-refractivity contribution in [2.75, 3.05) is 23.3 Å². The van der Waals surface area contributed by atoms with Gasteiger partial charge in [-0.2, -0.15) is 0 Å². The number of halogens is 1. The van der Waals surface area contributed by atoms with Gasteiger partial charge < -0.3 is 14.7 Å². The molecule has 0 spiro atoms. The average Bonchev–Trinajstić information content (AvgIpc) is 3.04. The Morgan fingerprint density at radius 2 is 2.30 bits per heavy atom. The van der Waals surface area contributed by atoms with Gasteiger partial charge in [-0.25, -0.2) is 9.37 Å². The van der Waals surface area contributed by atoms with Gasteiger partial charge in [0.25, 0.3) is 0 Å². The lowest BCUT2D eigenvalue weighted by Gasteiger charge is -2.37. The summed E-state index contributed by atoms with van der Waals surface area (Å²) in [7, 11) is 0. The quantitative estimate of drug-likeness (QED) is 0.798. The molecule has 23 heavy (non-hydrogen) atoms. The highest BCUT2D eigenvalue weighted by atomic mass is 32.1. The first kappa shape index (κ1) is 14.1. The molecule has 2 aromatic heterocycles. The van der Waals surface area contributed by atoms with Crippen molar-refractivity contribution >= 4 is 38.4 Å². The largest absolute Gasteiger partial charge is 0.360 e. The maximum absolute atomic E-state index is 13.7. The molecule has 1 fully saturated rings. The van der Waals surface area contributed by atoms with E-state index in [9.17, 15) is 9.18 Å². The lowest BCUT2D eigenvalue weighted by Crippen LogP contribution is -2.52. The number of fused-ring (bicyclic) bond motifs is 1. The topological polar surface area (TPSA) is 71.3 Å². The van der Waals surface area contributed by atoms with E-state index in [4.69, 9.17) is 4.52 Å². The fourth-order valence-electron chi connectivity index (χ4n) is 2.49. The number of thiazole rings is 1. The second-order valence-electron chi connectivity index (χ2n) is 5.50. The van der Waals surface area contributed by atoms with Crippen molar-refractivity contribution in [3.63, 3.8) is 0 Å². The van der Waals surface area contributed by atoms with Gasteiger partial charge in [0.2, 0.25) is 5.91 Å². The number of aryl methyl sites for hydroxylation is 1. The maximum Gasteiger partial charge on any atom is 0.232 e. The van der Waals surface area contributed by atoms with Crippen molar-refractivity contribution in [1.82, 2.24) is 10.1 Å². The van der Waals surface area contributed by atoms with Crippen molar-refractivity contribution < 1.29 is 13.7 Å². The molecule has 1 aromatic carbocycles. The van der Waals surface area contributed by atoms with E-state index < -0.39 is 0 Å². The number of anilines is 2. The monoisotopic (exact) mass is 332 g/mol. The number of nitrogens with one attached hydrogen (secondary N) is 1. The summed E-state index contributed by atoms with van der Waals surface area (Å²) in [5.41, 5.74) is 0.387. The van der Waals surface area contributed by atoms with Gasteiger partial charge in [-0.3, -0.25) is 4.79 Å². The van der Waals surface area contributed by atoms with Crippen LogP contribution < -0.4 is 10.2 Å². The number of amides is 1. The zero-order chi connectivity index (χ0) is 16.0. The molecule has 1 saturated heterocycles. The minimum atomic E-state index is -0.318. The number of aromatic nitrogens is 2. The Kier molecular flexibility index (Phi) is 3.26. The summed E-state index contributed by atoms with van der Waals surface area (Å²) < 4.78 is 19.4. The highest BCUT2D eigenvalue weighted by Gasteiger charge is 2.34. The van der Waals surface area contributed by atoms with Crippen molar-refractivity contribution in [1.29, 1.82) is 0 Å². The zero-order valence-corrected chi connectivity index (χ0v) is 13.1. The van der Waals surface area contributed by atoms with Gasteiger partial charge in [0.1, 0.15) is 17.1 Å². The summed E-state index contributed by atoms with van der Waals surface area (Å²) in [4.78, 5) is 18.4. The Hall–Kier alpha value is -2.48. The molecule has 0 aliphatic carbocycles. The van der Waals surface area contributed by atoms with Gasteiger partial charge in [0.15, 0.2) is 10.9 Å². The third-order valence-electron chi connectivity index (χ3n) is 3.76. The fraction of sp³-hybridized carbons (Fsp3) is 0.267. The third kappa shape index (κ3) is 2.55. The van der Waals surface area contributed by atoms with Crippen LogP contribution in [-0.4, -0.2) is 29.1 Å². The SMILES string of the molecule is Cc1cc(NC(=O)C2CN(c3nc4c(F)cccc4s3)C2)no1. The number of nitrogens with zero attached hydrogens (tertiary/aromatic N) is 3. The van der Waals surface area contributed by atoms with Crippen LogP contribution in [0.3, 0.4) is 0 Å². The molecule has 3 aromatic rings. The van der Waals surface area contributed by atoms with Crippen LogP contribution in [0.5, 0.6) is 0 Å². The smallest absolute Gasteiger partial charge is 0.232 e. The average molecular weight is 332 g/mol. The Morgan fingerprint density at radius 3 is 3.00 bits per heavy atom. The molecule has 118 valence electrons. The number of hydrogen-bond donors (Lipinski definition) is 1. The van der Waals surface area contributed by atoms with Crippen molar-refractivity contribution in [3.05, 3.63) is 35.8 Å². The number of carbonyl (C=O) groups is 1. The highest BCUT2D eigenvalue weighted by molar-refractivity contribution is 7.22. The number of hydrogen-bond acceptors (Lipinski definition) is 6. The molecule has 0 unspecified atom stereocenters. The normalized spacial score (nSPS) is 15.0. The van der Waals surface area contributed by atoms with Gasteiger partial charge in [-0.15, -0.1) is 0 Å². The van der Waals surface area contributed by atoms with Gasteiger partial charge in [0, 0.05) is 19.2 Å². The summed E-state index contributed by atoms with van der Waals surface area (Å²) in [6.45, 7) is 2.88. The first-order valence-electron chi connectivity index (χ1n) is 7.14. The lowest BCUT2D eigenvalue weighted by molar-refractivity contribution is -0.120. The second kappa shape index (κ2) is 5.31. The molecule has 1 aliphatic rings. The number of benzene rings is 1. The van der Waals surface area contributed by atoms with Crippen LogP contribution in [0.2, 0.25) is 0 Å². The molecule has 0 atom stereocenters. The van der Waals surface area contributed by atoms with Crippen LogP contribution in [0.4, 0.5) is 15.3 Å². The van der Waals surface area contributed by atoms with E-state index in [2.05, 4.69) is 15.5 Å². The molecule has 1 amide bonds. The van der Waals surface area contributed by atoms with Crippen LogP contribution in [-0.2, 0) is 4.79 Å². The highest BCUT2D eigenvalue weighted by Crippen LogP contribution is 2.34. The molecule has 6 nitrogen and oxygen atoms in total. The van der Waals surface area contributed by atoms with E-state index in [-0.39, 0.29) is 17.6 Å². The van der Waals surface area contributed by atoms with Gasteiger partial charge in [0.05, 0.1) is 10.6 Å². The summed E-state index contributed by atoms with van der Waals surface area (Å²) in [6.07, 6.45) is 0. The summed E-state index contributed by atoms with van der Waals surface area (Å²) >= 11 is 1.43. The minimum Gasteiger partial charge on any atom is -0.360 e. The molecule has 4 rings (SSSR count). The van der Waals surface area contributed by atoms with E-state index in [1.165, 1.54) is 17.4 Å². The molecular formula is C15H13FN4O2S. The predicted molar refractivity (Wildman–Crippen MR) is 85.2 cm³/mol. The number of carbonyl (C=O) groups excluding carboxylic acids is 1. The number of rotatable bonds is 3. The van der Waals surface area contributed by atoms with Crippen LogP contribution in [0, 0.1) is 18.7 Å². The standard InChI is InChI=1S/C15H13FN4O2S/c1-8-5-12(19-22-8)17-14(21)9-6-20(7-9)15-18-13-10(16)3-2-4-11(13)23-15/h2-5,9H,6-7H2,1H3,(H,17,19,21). The lowest BCUT2D eigenvalue weighted by atomic mass is 10.0. The van der Waals surface area contributed by atoms with Gasteiger partial charge in [-0.1, -0.05) is 22.6 Å². The van der Waals surface area contributed by atoms with E-state index in [0.717, 1.165) is 9.83 Å².